The van der Waals surface area contributed by atoms with Crippen molar-refractivity contribution in [3.05, 3.63) is 36.5 Å². The quantitative estimate of drug-likeness (QED) is 0.651. The van der Waals surface area contributed by atoms with Gasteiger partial charge in [-0.3, -0.25) is 4.68 Å². The zero-order valence-corrected chi connectivity index (χ0v) is 11.7. The molecule has 0 fully saturated rings. The van der Waals surface area contributed by atoms with Gasteiger partial charge in [-0.1, -0.05) is 5.21 Å². The van der Waals surface area contributed by atoms with Crippen LogP contribution in [-0.2, 0) is 19.5 Å². The van der Waals surface area contributed by atoms with Gasteiger partial charge in [-0.05, 0) is 18.6 Å². The summed E-state index contributed by atoms with van der Waals surface area (Å²) >= 11 is 5.85. The van der Waals surface area contributed by atoms with Crippen molar-refractivity contribution in [3.8, 4) is 0 Å². The molecule has 0 unspecified atom stereocenters. The van der Waals surface area contributed by atoms with E-state index in [1.807, 2.05) is 23.0 Å². The number of pyridine rings is 1. The van der Waals surface area contributed by atoms with Gasteiger partial charge in [0.15, 0.2) is 5.65 Å². The van der Waals surface area contributed by atoms with E-state index in [-0.39, 0.29) is 0 Å². The summed E-state index contributed by atoms with van der Waals surface area (Å²) < 4.78 is 3.97. The maximum Gasteiger partial charge on any atom is 0.159 e. The molecule has 3 aromatic rings. The van der Waals surface area contributed by atoms with Crippen molar-refractivity contribution in [3.63, 3.8) is 0 Å². The van der Waals surface area contributed by atoms with Crippen molar-refractivity contribution in [1.82, 2.24) is 29.5 Å². The summed E-state index contributed by atoms with van der Waals surface area (Å²) in [6, 6.07) is 3.88. The van der Waals surface area contributed by atoms with E-state index < -0.39 is 0 Å². The lowest BCUT2D eigenvalue weighted by atomic mass is 10.3. The van der Waals surface area contributed by atoms with Gasteiger partial charge in [-0.25, -0.2) is 9.97 Å². The van der Waals surface area contributed by atoms with E-state index in [1.165, 1.54) is 0 Å². The van der Waals surface area contributed by atoms with Crippen LogP contribution in [0, 0.1) is 0 Å². The third-order valence-corrected chi connectivity index (χ3v) is 3.33. The lowest BCUT2D eigenvalue weighted by Gasteiger charge is -2.07. The minimum atomic E-state index is 0.562. The van der Waals surface area contributed by atoms with E-state index in [0.29, 0.717) is 5.88 Å². The van der Waals surface area contributed by atoms with E-state index in [4.69, 9.17) is 11.6 Å². The molecule has 0 atom stereocenters. The largest absolute Gasteiger partial charge is 0.313 e. The number of imidazole rings is 1. The van der Waals surface area contributed by atoms with Crippen LogP contribution in [-0.4, -0.2) is 35.4 Å². The Bertz CT molecular complexity index is 675. The molecule has 0 aliphatic rings. The Kier molecular flexibility index (Phi) is 3.92. The van der Waals surface area contributed by atoms with Gasteiger partial charge >= 0.3 is 0 Å². The minimum absolute atomic E-state index is 0.562. The molecule has 0 aliphatic heterocycles. The third-order valence-electron chi connectivity index (χ3n) is 3.14. The van der Waals surface area contributed by atoms with Crippen molar-refractivity contribution in [2.24, 2.45) is 0 Å². The van der Waals surface area contributed by atoms with Crippen LogP contribution >= 0.6 is 11.6 Å². The van der Waals surface area contributed by atoms with Gasteiger partial charge in [0.05, 0.1) is 6.20 Å². The number of aromatic nitrogens is 6. The minimum Gasteiger partial charge on any atom is -0.313 e. The van der Waals surface area contributed by atoms with E-state index in [9.17, 15) is 0 Å². The van der Waals surface area contributed by atoms with Gasteiger partial charge in [0.2, 0.25) is 0 Å². The molecule has 0 bridgehead atoms. The van der Waals surface area contributed by atoms with Crippen molar-refractivity contribution in [2.75, 3.05) is 5.88 Å². The molecule has 0 spiro atoms. The Labute approximate surface area is 121 Å². The Morgan fingerprint density at radius 3 is 2.95 bits per heavy atom. The van der Waals surface area contributed by atoms with Gasteiger partial charge in [0.25, 0.3) is 0 Å². The van der Waals surface area contributed by atoms with Crippen LogP contribution in [0.5, 0.6) is 0 Å². The SMILES string of the molecule is ClCCc1nc2cccnc2n1CCCn1ccnn1. The number of hydrogen-bond donors (Lipinski definition) is 0. The molecular weight excluding hydrogens is 276 g/mol. The van der Waals surface area contributed by atoms with Gasteiger partial charge < -0.3 is 4.57 Å². The van der Waals surface area contributed by atoms with Crippen molar-refractivity contribution >= 4 is 22.8 Å². The molecule has 3 heterocycles. The second kappa shape index (κ2) is 6.00. The van der Waals surface area contributed by atoms with Crippen LogP contribution in [0.15, 0.2) is 30.7 Å². The zero-order chi connectivity index (χ0) is 13.8. The first-order valence-corrected chi connectivity index (χ1v) is 7.12. The fourth-order valence-corrected chi connectivity index (χ4v) is 2.43. The highest BCUT2D eigenvalue weighted by Gasteiger charge is 2.10. The molecule has 0 radical (unpaired) electrons. The number of fused-ring (bicyclic) bond motifs is 1. The van der Waals surface area contributed by atoms with E-state index >= 15 is 0 Å². The highest BCUT2D eigenvalue weighted by atomic mass is 35.5. The molecule has 104 valence electrons. The number of rotatable bonds is 6. The molecule has 6 nitrogen and oxygen atoms in total. The fourth-order valence-electron chi connectivity index (χ4n) is 2.26. The molecule has 0 aliphatic carbocycles. The summed E-state index contributed by atoms with van der Waals surface area (Å²) in [5, 5.41) is 7.76. The molecule has 7 heteroatoms. The van der Waals surface area contributed by atoms with E-state index in [2.05, 4.69) is 24.8 Å². The van der Waals surface area contributed by atoms with Crippen LogP contribution in [0.25, 0.3) is 11.2 Å². The van der Waals surface area contributed by atoms with Crippen molar-refractivity contribution < 1.29 is 0 Å². The van der Waals surface area contributed by atoms with Crippen LogP contribution in [0.1, 0.15) is 12.2 Å². The summed E-state index contributed by atoms with van der Waals surface area (Å²) in [5.74, 6) is 1.55. The molecule has 3 rings (SSSR count). The van der Waals surface area contributed by atoms with Crippen LogP contribution in [0.3, 0.4) is 0 Å². The lowest BCUT2D eigenvalue weighted by molar-refractivity contribution is 0.511. The van der Waals surface area contributed by atoms with Crippen molar-refractivity contribution in [1.29, 1.82) is 0 Å². The standard InChI is InChI=1S/C13H15ClN6/c14-5-4-12-17-11-3-1-6-15-13(11)20(12)9-2-8-19-10-7-16-18-19/h1,3,6-7,10H,2,4-5,8-9H2. The Morgan fingerprint density at radius 1 is 1.20 bits per heavy atom. The van der Waals surface area contributed by atoms with Crippen LogP contribution in [0.2, 0.25) is 0 Å². The topological polar surface area (TPSA) is 61.4 Å². The van der Waals surface area contributed by atoms with Crippen molar-refractivity contribution in [2.45, 2.75) is 25.9 Å². The highest BCUT2D eigenvalue weighted by molar-refractivity contribution is 6.17. The smallest absolute Gasteiger partial charge is 0.159 e. The summed E-state index contributed by atoms with van der Waals surface area (Å²) in [7, 11) is 0. The zero-order valence-electron chi connectivity index (χ0n) is 11.0. The van der Waals surface area contributed by atoms with E-state index in [0.717, 1.165) is 42.9 Å². The van der Waals surface area contributed by atoms with Gasteiger partial charge in [0, 0.05) is 37.8 Å². The third kappa shape index (κ3) is 2.65. The maximum absolute atomic E-state index is 5.85. The predicted molar refractivity (Wildman–Crippen MR) is 76.6 cm³/mol. The predicted octanol–water partition coefficient (Wildman–Crippen LogP) is 1.89. The molecule has 20 heavy (non-hydrogen) atoms. The second-order valence-electron chi connectivity index (χ2n) is 4.48. The first kappa shape index (κ1) is 13.1. The summed E-state index contributed by atoms with van der Waals surface area (Å²) in [5.41, 5.74) is 1.85. The molecule has 0 saturated heterocycles. The monoisotopic (exact) mass is 290 g/mol. The van der Waals surface area contributed by atoms with Gasteiger partial charge in [-0.2, -0.15) is 0 Å². The van der Waals surface area contributed by atoms with E-state index in [1.54, 1.807) is 12.4 Å². The first-order valence-electron chi connectivity index (χ1n) is 6.58. The molecular formula is C13H15ClN6. The summed E-state index contributed by atoms with van der Waals surface area (Å²) in [4.78, 5) is 9.02. The molecule has 0 amide bonds. The highest BCUT2D eigenvalue weighted by Crippen LogP contribution is 2.15. The average molecular weight is 291 g/mol. The lowest BCUT2D eigenvalue weighted by Crippen LogP contribution is -2.09. The number of halogens is 1. The normalized spacial score (nSPS) is 11.2. The Balaban J connectivity index is 1.79. The number of nitrogens with zero attached hydrogens (tertiary/aromatic N) is 6. The first-order chi connectivity index (χ1) is 9.88. The second-order valence-corrected chi connectivity index (χ2v) is 4.86. The molecule has 0 saturated carbocycles. The molecule has 3 aromatic heterocycles. The Morgan fingerprint density at radius 2 is 2.15 bits per heavy atom. The van der Waals surface area contributed by atoms with Gasteiger partial charge in [0.1, 0.15) is 11.3 Å². The average Bonchev–Trinajstić information content (AvgIpc) is 3.08. The summed E-state index contributed by atoms with van der Waals surface area (Å²) in [6.07, 6.45) is 7.04. The number of aryl methyl sites for hydroxylation is 3. The maximum atomic E-state index is 5.85. The number of hydrogen-bond acceptors (Lipinski definition) is 4. The Hall–Kier alpha value is -1.95. The number of alkyl halides is 1. The summed E-state index contributed by atoms with van der Waals surface area (Å²) in [6.45, 7) is 1.67. The van der Waals surface area contributed by atoms with Crippen LogP contribution < -0.4 is 0 Å². The molecule has 0 aromatic carbocycles. The molecule has 0 N–H and O–H groups in total. The van der Waals surface area contributed by atoms with Gasteiger partial charge in [-0.15, -0.1) is 16.7 Å². The fraction of sp³-hybridized carbons (Fsp3) is 0.385. The van der Waals surface area contributed by atoms with Crippen LogP contribution in [0.4, 0.5) is 0 Å².